The third-order valence-electron chi connectivity index (χ3n) is 4.09. The van der Waals surface area contributed by atoms with Crippen LogP contribution in [0.4, 0.5) is 5.82 Å². The molecule has 0 saturated heterocycles. The van der Waals surface area contributed by atoms with Gasteiger partial charge in [0.2, 0.25) is 0 Å². The first-order chi connectivity index (χ1) is 9.65. The van der Waals surface area contributed by atoms with Crippen LogP contribution in [0.25, 0.3) is 0 Å². The molecule has 4 nitrogen and oxygen atoms in total. The van der Waals surface area contributed by atoms with Crippen LogP contribution in [-0.4, -0.2) is 24.0 Å². The Hall–Kier alpha value is -1.10. The van der Waals surface area contributed by atoms with Gasteiger partial charge in [0.15, 0.2) is 0 Å². The van der Waals surface area contributed by atoms with Crippen LogP contribution >= 0.6 is 15.9 Å². The maximum absolute atomic E-state index is 12.5. The Morgan fingerprint density at radius 1 is 1.45 bits per heavy atom. The molecule has 1 heterocycles. The summed E-state index contributed by atoms with van der Waals surface area (Å²) in [6, 6.07) is 2.11. The highest BCUT2D eigenvalue weighted by Crippen LogP contribution is 2.27. The molecule has 1 aliphatic rings. The lowest BCUT2D eigenvalue weighted by atomic mass is 9.83. The molecule has 110 valence electrons. The Kier molecular flexibility index (Phi) is 5.40. The van der Waals surface area contributed by atoms with E-state index >= 15 is 0 Å². The highest BCUT2D eigenvalue weighted by atomic mass is 79.9. The van der Waals surface area contributed by atoms with Gasteiger partial charge in [0.1, 0.15) is 5.82 Å². The fourth-order valence-corrected chi connectivity index (χ4v) is 3.28. The molecule has 0 radical (unpaired) electrons. The van der Waals surface area contributed by atoms with Crippen LogP contribution in [-0.2, 0) is 0 Å². The van der Waals surface area contributed by atoms with E-state index in [0.29, 0.717) is 23.3 Å². The summed E-state index contributed by atoms with van der Waals surface area (Å²) in [6.45, 7) is 2.20. The number of anilines is 1. The lowest BCUT2D eigenvalue weighted by Gasteiger charge is -2.31. The van der Waals surface area contributed by atoms with Gasteiger partial charge >= 0.3 is 0 Å². The molecule has 2 N–H and O–H groups in total. The molecular formula is C15H22BrN3O. The molecule has 2 rings (SSSR count). The largest absolute Gasteiger partial charge is 0.372 e. The highest BCUT2D eigenvalue weighted by molar-refractivity contribution is 9.10. The molecule has 2 atom stereocenters. The Bertz CT molecular complexity index is 478. The fourth-order valence-electron chi connectivity index (χ4n) is 2.94. The number of hydrogen-bond donors (Lipinski definition) is 2. The smallest absolute Gasteiger partial charge is 0.255 e. The van der Waals surface area contributed by atoms with Crippen molar-refractivity contribution in [3.63, 3.8) is 0 Å². The zero-order chi connectivity index (χ0) is 14.5. The van der Waals surface area contributed by atoms with Gasteiger partial charge in [-0.2, -0.15) is 0 Å². The maximum atomic E-state index is 12.5. The summed E-state index contributed by atoms with van der Waals surface area (Å²) >= 11 is 3.37. The number of carbonyl (C=O) groups excluding carboxylic acids is 1. The van der Waals surface area contributed by atoms with Gasteiger partial charge in [-0.25, -0.2) is 4.98 Å². The van der Waals surface area contributed by atoms with Crippen LogP contribution in [0.15, 0.2) is 16.7 Å². The number of carbonyl (C=O) groups is 1. The van der Waals surface area contributed by atoms with Crippen molar-refractivity contribution in [2.24, 2.45) is 5.92 Å². The third-order valence-corrected chi connectivity index (χ3v) is 4.52. The molecule has 2 unspecified atom stereocenters. The molecule has 5 heteroatoms. The van der Waals surface area contributed by atoms with Crippen molar-refractivity contribution in [3.8, 4) is 0 Å². The Balaban J connectivity index is 2.13. The lowest BCUT2D eigenvalue weighted by molar-refractivity contribution is 0.0905. The summed E-state index contributed by atoms with van der Waals surface area (Å²) in [6.07, 6.45) is 7.61. The molecule has 1 aromatic rings. The summed E-state index contributed by atoms with van der Waals surface area (Å²) < 4.78 is 0.817. The predicted molar refractivity (Wildman–Crippen MR) is 85.0 cm³/mol. The monoisotopic (exact) mass is 339 g/mol. The minimum absolute atomic E-state index is 0.0338. The molecule has 0 aliphatic heterocycles. The molecular weight excluding hydrogens is 318 g/mol. The van der Waals surface area contributed by atoms with Crippen molar-refractivity contribution in [1.29, 1.82) is 0 Å². The number of nitrogens with zero attached hydrogens (tertiary/aromatic N) is 1. The standard InChI is InChI=1S/C15H22BrN3O/c1-3-10-6-4-5-7-13(10)19-15(20)12-8-11(16)9-18-14(12)17-2/h8-10,13H,3-7H2,1-2H3,(H,17,18)(H,19,20). The van der Waals surface area contributed by atoms with Gasteiger partial charge in [0, 0.05) is 23.8 Å². The third kappa shape index (κ3) is 3.51. The van der Waals surface area contributed by atoms with E-state index in [1.165, 1.54) is 19.3 Å². The van der Waals surface area contributed by atoms with Gasteiger partial charge in [-0.15, -0.1) is 0 Å². The van der Waals surface area contributed by atoms with Crippen molar-refractivity contribution in [3.05, 3.63) is 22.3 Å². The molecule has 20 heavy (non-hydrogen) atoms. The summed E-state index contributed by atoms with van der Waals surface area (Å²) in [7, 11) is 1.78. The molecule has 1 saturated carbocycles. The minimum Gasteiger partial charge on any atom is -0.372 e. The average Bonchev–Trinajstić information content (AvgIpc) is 2.47. The van der Waals surface area contributed by atoms with Gasteiger partial charge < -0.3 is 10.6 Å². The number of hydrogen-bond acceptors (Lipinski definition) is 3. The predicted octanol–water partition coefficient (Wildman–Crippen LogP) is 3.58. The Morgan fingerprint density at radius 3 is 2.90 bits per heavy atom. The first-order valence-electron chi connectivity index (χ1n) is 7.29. The van der Waals surface area contributed by atoms with Crippen LogP contribution in [0.1, 0.15) is 49.4 Å². The summed E-state index contributed by atoms with van der Waals surface area (Å²) in [5.41, 5.74) is 0.599. The van der Waals surface area contributed by atoms with Crippen LogP contribution in [0.5, 0.6) is 0 Å². The van der Waals surface area contributed by atoms with E-state index in [2.05, 4.69) is 38.5 Å². The van der Waals surface area contributed by atoms with Crippen LogP contribution in [0.3, 0.4) is 0 Å². The van der Waals surface area contributed by atoms with E-state index < -0.39 is 0 Å². The SMILES string of the molecule is CCC1CCCCC1NC(=O)c1cc(Br)cnc1NC. The van der Waals surface area contributed by atoms with E-state index in [1.807, 2.05) is 6.07 Å². The van der Waals surface area contributed by atoms with E-state index in [-0.39, 0.29) is 5.91 Å². The molecule has 0 spiro atoms. The molecule has 1 fully saturated rings. The number of rotatable bonds is 4. The second kappa shape index (κ2) is 7.07. The van der Waals surface area contributed by atoms with E-state index in [9.17, 15) is 4.79 Å². The quantitative estimate of drug-likeness (QED) is 0.881. The van der Waals surface area contributed by atoms with Gasteiger partial charge in [-0.3, -0.25) is 4.79 Å². The first kappa shape index (κ1) is 15.3. The molecule has 1 amide bonds. The van der Waals surface area contributed by atoms with Crippen LogP contribution in [0.2, 0.25) is 0 Å². The van der Waals surface area contributed by atoms with Gasteiger partial charge in [0.05, 0.1) is 5.56 Å². The average molecular weight is 340 g/mol. The zero-order valence-corrected chi connectivity index (χ0v) is 13.7. The minimum atomic E-state index is -0.0338. The van der Waals surface area contributed by atoms with E-state index in [4.69, 9.17) is 0 Å². The molecule has 1 aromatic heterocycles. The summed E-state index contributed by atoms with van der Waals surface area (Å²) in [5, 5.41) is 6.17. The second-order valence-electron chi connectivity index (χ2n) is 5.33. The number of nitrogens with one attached hydrogen (secondary N) is 2. The van der Waals surface area contributed by atoms with Crippen LogP contribution < -0.4 is 10.6 Å². The zero-order valence-electron chi connectivity index (χ0n) is 12.1. The molecule has 0 bridgehead atoms. The molecule has 1 aliphatic carbocycles. The highest BCUT2D eigenvalue weighted by Gasteiger charge is 2.26. The van der Waals surface area contributed by atoms with E-state index in [0.717, 1.165) is 17.3 Å². The number of aromatic nitrogens is 1. The van der Waals surface area contributed by atoms with Crippen molar-refractivity contribution in [2.75, 3.05) is 12.4 Å². The van der Waals surface area contributed by atoms with Crippen molar-refractivity contribution >= 4 is 27.7 Å². The summed E-state index contributed by atoms with van der Waals surface area (Å²) in [5.74, 6) is 1.19. The lowest BCUT2D eigenvalue weighted by Crippen LogP contribution is -2.42. The van der Waals surface area contributed by atoms with Gasteiger partial charge in [-0.1, -0.05) is 26.2 Å². The number of pyridine rings is 1. The Labute approximate surface area is 128 Å². The first-order valence-corrected chi connectivity index (χ1v) is 8.09. The van der Waals surface area contributed by atoms with E-state index in [1.54, 1.807) is 13.2 Å². The van der Waals surface area contributed by atoms with Crippen molar-refractivity contribution < 1.29 is 4.79 Å². The molecule has 0 aromatic carbocycles. The Morgan fingerprint density at radius 2 is 2.20 bits per heavy atom. The fraction of sp³-hybridized carbons (Fsp3) is 0.600. The normalized spacial score (nSPS) is 22.4. The number of amides is 1. The van der Waals surface area contributed by atoms with Crippen molar-refractivity contribution in [2.45, 2.75) is 45.1 Å². The number of halogens is 1. The van der Waals surface area contributed by atoms with Crippen molar-refractivity contribution in [1.82, 2.24) is 10.3 Å². The van der Waals surface area contributed by atoms with Gasteiger partial charge in [-0.05, 0) is 40.8 Å². The summed E-state index contributed by atoms with van der Waals surface area (Å²) in [4.78, 5) is 16.7. The van der Waals surface area contributed by atoms with Gasteiger partial charge in [0.25, 0.3) is 5.91 Å². The van der Waals surface area contributed by atoms with Crippen LogP contribution in [0, 0.1) is 5.92 Å². The topological polar surface area (TPSA) is 54.0 Å². The second-order valence-corrected chi connectivity index (χ2v) is 6.25. The maximum Gasteiger partial charge on any atom is 0.255 e.